The van der Waals surface area contributed by atoms with Crippen molar-refractivity contribution in [2.24, 2.45) is 5.73 Å². The lowest BCUT2D eigenvalue weighted by Crippen LogP contribution is -2.29. The molecule has 0 aliphatic carbocycles. The molecule has 1 aromatic rings. The molecule has 2 heterocycles. The van der Waals surface area contributed by atoms with Crippen LogP contribution < -0.4 is 10.6 Å². The molecule has 92 valence electrons. The van der Waals surface area contributed by atoms with Crippen molar-refractivity contribution in [3.63, 3.8) is 0 Å². The number of nitrogens with two attached hydrogens (primary N) is 1. The van der Waals surface area contributed by atoms with E-state index in [9.17, 15) is 0 Å². The van der Waals surface area contributed by atoms with Crippen LogP contribution in [0.2, 0.25) is 0 Å². The first-order valence-corrected chi connectivity index (χ1v) is 6.33. The van der Waals surface area contributed by atoms with Gasteiger partial charge in [0.15, 0.2) is 0 Å². The van der Waals surface area contributed by atoms with Crippen LogP contribution in [-0.2, 0) is 0 Å². The molecule has 0 spiro atoms. The Kier molecular flexibility index (Phi) is 3.79. The Bertz CT molecular complexity index is 394. The van der Waals surface area contributed by atoms with Crippen LogP contribution in [0.4, 0.5) is 5.69 Å². The summed E-state index contributed by atoms with van der Waals surface area (Å²) in [5, 5.41) is 0. The van der Waals surface area contributed by atoms with Gasteiger partial charge in [0.25, 0.3) is 0 Å². The summed E-state index contributed by atoms with van der Waals surface area (Å²) in [6.45, 7) is 6.36. The van der Waals surface area contributed by atoms with Gasteiger partial charge in [0.05, 0.1) is 17.6 Å². The van der Waals surface area contributed by atoms with Gasteiger partial charge in [-0.15, -0.1) is 0 Å². The largest absolute Gasteiger partial charge is 0.366 e. The van der Waals surface area contributed by atoms with Crippen molar-refractivity contribution in [3.05, 3.63) is 35.7 Å². The molecule has 0 saturated carbocycles. The van der Waals surface area contributed by atoms with Crippen molar-refractivity contribution in [1.29, 1.82) is 0 Å². The van der Waals surface area contributed by atoms with E-state index in [1.807, 2.05) is 6.20 Å². The first-order valence-electron chi connectivity index (χ1n) is 6.33. The van der Waals surface area contributed by atoms with Crippen LogP contribution in [0, 0.1) is 0 Å². The Morgan fingerprint density at radius 2 is 2.29 bits per heavy atom. The zero-order chi connectivity index (χ0) is 12.3. The van der Waals surface area contributed by atoms with Crippen LogP contribution in [0.1, 0.15) is 38.4 Å². The summed E-state index contributed by atoms with van der Waals surface area (Å²) in [5.41, 5.74) is 9.58. The van der Waals surface area contributed by atoms with E-state index in [4.69, 9.17) is 5.73 Å². The smallest absolute Gasteiger partial charge is 0.0572 e. The highest BCUT2D eigenvalue weighted by Gasteiger charge is 2.12. The third kappa shape index (κ3) is 2.86. The first kappa shape index (κ1) is 12.1. The molecule has 0 amide bonds. The number of hydrogen-bond acceptors (Lipinski definition) is 3. The monoisotopic (exact) mass is 231 g/mol. The molecule has 0 aromatic carbocycles. The fraction of sp³-hybridized carbons (Fsp3) is 0.500. The molecule has 0 saturated heterocycles. The number of nitrogens with zero attached hydrogens (tertiary/aromatic N) is 2. The normalized spacial score (nSPS) is 17.8. The fourth-order valence-corrected chi connectivity index (χ4v) is 2.14. The van der Waals surface area contributed by atoms with Gasteiger partial charge in [-0.25, -0.2) is 0 Å². The summed E-state index contributed by atoms with van der Waals surface area (Å²) < 4.78 is 0. The Balaban J connectivity index is 2.10. The molecule has 2 rings (SSSR count). The van der Waals surface area contributed by atoms with Gasteiger partial charge in [-0.1, -0.05) is 18.6 Å². The topological polar surface area (TPSA) is 42.1 Å². The molecular formula is C14H21N3. The van der Waals surface area contributed by atoms with Crippen molar-refractivity contribution in [2.75, 3.05) is 18.0 Å². The van der Waals surface area contributed by atoms with Crippen molar-refractivity contribution in [2.45, 2.75) is 32.7 Å². The molecule has 17 heavy (non-hydrogen) atoms. The van der Waals surface area contributed by atoms with Crippen LogP contribution >= 0.6 is 0 Å². The molecule has 1 aliphatic rings. The van der Waals surface area contributed by atoms with E-state index < -0.39 is 0 Å². The lowest BCUT2D eigenvalue weighted by molar-refractivity contribution is 0.674. The summed E-state index contributed by atoms with van der Waals surface area (Å²) in [7, 11) is 0. The molecule has 1 unspecified atom stereocenters. The van der Waals surface area contributed by atoms with E-state index in [0.717, 1.165) is 31.6 Å². The van der Waals surface area contributed by atoms with Crippen molar-refractivity contribution >= 4 is 5.69 Å². The van der Waals surface area contributed by atoms with Crippen LogP contribution in [0.5, 0.6) is 0 Å². The SMILES string of the molecule is CCC(N)c1ccc(N2CCC=C(C)C2)cn1. The summed E-state index contributed by atoms with van der Waals surface area (Å²) >= 11 is 0. The number of aromatic nitrogens is 1. The summed E-state index contributed by atoms with van der Waals surface area (Å²) in [6.07, 6.45) is 6.31. The molecule has 0 radical (unpaired) electrons. The second kappa shape index (κ2) is 5.32. The molecule has 3 nitrogen and oxygen atoms in total. The molecule has 0 fully saturated rings. The molecule has 1 aliphatic heterocycles. The van der Waals surface area contributed by atoms with Gasteiger partial charge in [0.1, 0.15) is 0 Å². The Hall–Kier alpha value is -1.35. The highest BCUT2D eigenvalue weighted by atomic mass is 15.1. The van der Waals surface area contributed by atoms with Crippen LogP contribution in [0.15, 0.2) is 30.0 Å². The maximum absolute atomic E-state index is 5.96. The number of anilines is 1. The molecule has 3 heteroatoms. The van der Waals surface area contributed by atoms with Gasteiger partial charge in [-0.2, -0.15) is 0 Å². The summed E-state index contributed by atoms with van der Waals surface area (Å²) in [4.78, 5) is 6.83. The van der Waals surface area contributed by atoms with E-state index in [1.54, 1.807) is 0 Å². The number of hydrogen-bond donors (Lipinski definition) is 1. The Labute approximate surface area is 103 Å². The third-order valence-corrected chi connectivity index (χ3v) is 3.29. The number of pyridine rings is 1. The van der Waals surface area contributed by atoms with Crippen LogP contribution in [-0.4, -0.2) is 18.1 Å². The zero-order valence-corrected chi connectivity index (χ0v) is 10.7. The van der Waals surface area contributed by atoms with Gasteiger partial charge >= 0.3 is 0 Å². The van der Waals surface area contributed by atoms with Crippen molar-refractivity contribution < 1.29 is 0 Å². The van der Waals surface area contributed by atoms with E-state index in [1.165, 1.54) is 11.3 Å². The predicted molar refractivity (Wildman–Crippen MR) is 72.0 cm³/mol. The molecular weight excluding hydrogens is 210 g/mol. The average Bonchev–Trinajstić information content (AvgIpc) is 2.38. The van der Waals surface area contributed by atoms with Gasteiger partial charge in [-0.3, -0.25) is 4.98 Å². The maximum atomic E-state index is 5.96. The average molecular weight is 231 g/mol. The minimum absolute atomic E-state index is 0.0621. The Morgan fingerprint density at radius 3 is 2.88 bits per heavy atom. The zero-order valence-electron chi connectivity index (χ0n) is 10.7. The van der Waals surface area contributed by atoms with E-state index in [0.29, 0.717) is 0 Å². The highest BCUT2D eigenvalue weighted by molar-refractivity contribution is 5.47. The van der Waals surface area contributed by atoms with E-state index >= 15 is 0 Å². The lowest BCUT2D eigenvalue weighted by atomic mass is 10.1. The standard InChI is InChI=1S/C14H21N3/c1-3-13(15)14-7-6-12(9-16-14)17-8-4-5-11(2)10-17/h5-7,9,13H,3-4,8,10,15H2,1-2H3. The van der Waals surface area contributed by atoms with Crippen molar-refractivity contribution in [1.82, 2.24) is 4.98 Å². The number of rotatable bonds is 3. The van der Waals surface area contributed by atoms with Gasteiger partial charge < -0.3 is 10.6 Å². The minimum Gasteiger partial charge on any atom is -0.366 e. The molecule has 1 aromatic heterocycles. The van der Waals surface area contributed by atoms with Crippen LogP contribution in [0.25, 0.3) is 0 Å². The first-order chi connectivity index (χ1) is 8.20. The molecule has 1 atom stereocenters. The molecule has 0 bridgehead atoms. The predicted octanol–water partition coefficient (Wildman–Crippen LogP) is 2.65. The van der Waals surface area contributed by atoms with Crippen molar-refractivity contribution in [3.8, 4) is 0 Å². The highest BCUT2D eigenvalue weighted by Crippen LogP contribution is 2.20. The summed E-state index contributed by atoms with van der Waals surface area (Å²) in [6, 6.07) is 4.25. The third-order valence-electron chi connectivity index (χ3n) is 3.29. The second-order valence-corrected chi connectivity index (χ2v) is 4.72. The maximum Gasteiger partial charge on any atom is 0.0572 e. The summed E-state index contributed by atoms with van der Waals surface area (Å²) in [5.74, 6) is 0. The van der Waals surface area contributed by atoms with E-state index in [-0.39, 0.29) is 6.04 Å². The quantitative estimate of drug-likeness (QED) is 0.813. The van der Waals surface area contributed by atoms with Crippen LogP contribution in [0.3, 0.4) is 0 Å². The Morgan fingerprint density at radius 1 is 1.47 bits per heavy atom. The van der Waals surface area contributed by atoms with Gasteiger partial charge in [0, 0.05) is 19.1 Å². The van der Waals surface area contributed by atoms with E-state index in [2.05, 4.69) is 41.9 Å². The lowest BCUT2D eigenvalue weighted by Gasteiger charge is -2.28. The van der Waals surface area contributed by atoms with Gasteiger partial charge in [0.2, 0.25) is 0 Å². The minimum atomic E-state index is 0.0621. The fourth-order valence-electron chi connectivity index (χ4n) is 2.14. The van der Waals surface area contributed by atoms with Gasteiger partial charge in [-0.05, 0) is 31.9 Å². The molecule has 2 N–H and O–H groups in total. The second-order valence-electron chi connectivity index (χ2n) is 4.72.